The fourth-order valence-electron chi connectivity index (χ4n) is 2.60. The Hall–Kier alpha value is -2.68. The van der Waals surface area contributed by atoms with Crippen molar-refractivity contribution in [3.05, 3.63) is 34.7 Å². The molecule has 9 heteroatoms. The number of imide groups is 1. The second-order valence-electron chi connectivity index (χ2n) is 5.48. The van der Waals surface area contributed by atoms with Crippen LogP contribution in [0.1, 0.15) is 46.4 Å². The van der Waals surface area contributed by atoms with Crippen molar-refractivity contribution in [1.82, 2.24) is 14.9 Å². The van der Waals surface area contributed by atoms with Crippen molar-refractivity contribution in [2.24, 2.45) is 0 Å². The molecule has 2 N–H and O–H groups in total. The molecular weight excluding hydrogens is 344 g/mol. The highest BCUT2D eigenvalue weighted by Crippen LogP contribution is 2.24. The molecule has 0 aromatic carbocycles. The lowest BCUT2D eigenvalue weighted by Crippen LogP contribution is -2.31. The molecule has 0 aliphatic carbocycles. The molecule has 0 saturated heterocycles. The Morgan fingerprint density at radius 2 is 2.16 bits per heavy atom. The number of nitrogens with zero attached hydrogens (tertiary/aromatic N) is 2. The molecule has 25 heavy (non-hydrogen) atoms. The molecule has 2 aromatic rings. The summed E-state index contributed by atoms with van der Waals surface area (Å²) in [6.45, 7) is 2.67. The van der Waals surface area contributed by atoms with Crippen molar-refractivity contribution < 1.29 is 19.1 Å². The SMILES string of the molecule is CCOC(=O)NC(=O)c1ccsc1NC(=O)c1cn2c(n1)CCCC2. The predicted molar refractivity (Wildman–Crippen MR) is 91.9 cm³/mol. The van der Waals surface area contributed by atoms with E-state index in [1.807, 2.05) is 4.57 Å². The van der Waals surface area contributed by atoms with E-state index in [-0.39, 0.29) is 18.1 Å². The van der Waals surface area contributed by atoms with Crippen molar-refractivity contribution in [3.8, 4) is 0 Å². The second kappa shape index (κ2) is 7.47. The summed E-state index contributed by atoms with van der Waals surface area (Å²) in [6, 6.07) is 1.53. The molecule has 0 radical (unpaired) electrons. The average molecular weight is 362 g/mol. The van der Waals surface area contributed by atoms with Crippen LogP contribution < -0.4 is 10.6 Å². The highest BCUT2D eigenvalue weighted by Gasteiger charge is 2.21. The van der Waals surface area contributed by atoms with Crippen molar-refractivity contribution in [2.75, 3.05) is 11.9 Å². The van der Waals surface area contributed by atoms with E-state index in [4.69, 9.17) is 0 Å². The third kappa shape index (κ3) is 3.87. The lowest BCUT2D eigenvalue weighted by Gasteiger charge is -2.11. The molecule has 3 rings (SSSR count). The number of carbonyl (C=O) groups is 3. The lowest BCUT2D eigenvalue weighted by molar-refractivity contribution is 0.0926. The van der Waals surface area contributed by atoms with Gasteiger partial charge in [-0.2, -0.15) is 0 Å². The second-order valence-corrected chi connectivity index (χ2v) is 6.40. The van der Waals surface area contributed by atoms with Gasteiger partial charge >= 0.3 is 6.09 Å². The van der Waals surface area contributed by atoms with Crippen molar-refractivity contribution in [3.63, 3.8) is 0 Å². The van der Waals surface area contributed by atoms with Crippen LogP contribution in [0.5, 0.6) is 0 Å². The molecule has 0 bridgehead atoms. The van der Waals surface area contributed by atoms with Gasteiger partial charge in [0.05, 0.1) is 12.2 Å². The monoisotopic (exact) mass is 362 g/mol. The van der Waals surface area contributed by atoms with Crippen molar-refractivity contribution in [2.45, 2.75) is 32.7 Å². The average Bonchev–Trinajstić information content (AvgIpc) is 3.21. The van der Waals surface area contributed by atoms with E-state index in [0.717, 1.165) is 31.6 Å². The van der Waals surface area contributed by atoms with Gasteiger partial charge in [-0.25, -0.2) is 9.78 Å². The molecule has 0 unspecified atom stereocenters. The van der Waals surface area contributed by atoms with E-state index >= 15 is 0 Å². The van der Waals surface area contributed by atoms with Gasteiger partial charge in [0.1, 0.15) is 16.5 Å². The maximum atomic E-state index is 12.4. The summed E-state index contributed by atoms with van der Waals surface area (Å²) in [4.78, 5) is 40.3. The maximum Gasteiger partial charge on any atom is 0.414 e. The largest absolute Gasteiger partial charge is 0.450 e. The zero-order valence-corrected chi connectivity index (χ0v) is 14.5. The van der Waals surface area contributed by atoms with Gasteiger partial charge in [0.2, 0.25) is 0 Å². The molecule has 3 heterocycles. The minimum Gasteiger partial charge on any atom is -0.450 e. The van der Waals surface area contributed by atoms with E-state index in [2.05, 4.69) is 20.4 Å². The number of amides is 3. The highest BCUT2D eigenvalue weighted by molar-refractivity contribution is 7.14. The number of imidazole rings is 1. The topological polar surface area (TPSA) is 102 Å². The van der Waals surface area contributed by atoms with Crippen LogP contribution in [-0.2, 0) is 17.7 Å². The lowest BCUT2D eigenvalue weighted by atomic mass is 10.2. The summed E-state index contributed by atoms with van der Waals surface area (Å²) in [5.74, 6) is -0.100. The maximum absolute atomic E-state index is 12.4. The van der Waals surface area contributed by atoms with Gasteiger partial charge in [-0.3, -0.25) is 14.9 Å². The van der Waals surface area contributed by atoms with Crippen molar-refractivity contribution >= 4 is 34.2 Å². The first kappa shape index (κ1) is 17.2. The normalized spacial score (nSPS) is 13.0. The number of fused-ring (bicyclic) bond motifs is 1. The van der Waals surface area contributed by atoms with Crippen LogP contribution in [-0.4, -0.2) is 34.1 Å². The first-order valence-corrected chi connectivity index (χ1v) is 8.89. The molecule has 2 aromatic heterocycles. The molecule has 1 aliphatic heterocycles. The molecule has 0 fully saturated rings. The van der Waals surface area contributed by atoms with Crippen LogP contribution >= 0.6 is 11.3 Å². The van der Waals surface area contributed by atoms with Crippen LogP contribution in [0.4, 0.5) is 9.80 Å². The van der Waals surface area contributed by atoms with Crippen LogP contribution in [0, 0.1) is 0 Å². The third-order valence-electron chi connectivity index (χ3n) is 3.77. The number of hydrogen-bond acceptors (Lipinski definition) is 6. The molecule has 1 aliphatic rings. The molecule has 3 amide bonds. The molecule has 132 valence electrons. The highest BCUT2D eigenvalue weighted by atomic mass is 32.1. The number of aryl methyl sites for hydroxylation is 2. The number of thiophene rings is 1. The molecule has 0 spiro atoms. The molecule has 0 atom stereocenters. The van der Waals surface area contributed by atoms with Crippen LogP contribution in [0.2, 0.25) is 0 Å². The fraction of sp³-hybridized carbons (Fsp3) is 0.375. The molecular formula is C16H18N4O4S. The Bertz CT molecular complexity index is 787. The van der Waals surface area contributed by atoms with Crippen LogP contribution in [0.15, 0.2) is 17.6 Å². The number of alkyl carbamates (subject to hydrolysis) is 1. The standard InChI is InChI=1S/C16H18N4O4S/c1-2-24-16(23)19-13(21)10-6-8-25-15(10)18-14(22)11-9-20-7-4-3-5-12(20)17-11/h6,8-9H,2-5,7H2,1H3,(H,18,22)(H,19,21,23). The van der Waals surface area contributed by atoms with Gasteiger partial charge < -0.3 is 14.6 Å². The Kier molecular flexibility index (Phi) is 5.13. The minimum atomic E-state index is -0.822. The fourth-order valence-corrected chi connectivity index (χ4v) is 3.38. The molecule has 8 nitrogen and oxygen atoms in total. The Morgan fingerprint density at radius 3 is 2.92 bits per heavy atom. The minimum absolute atomic E-state index is 0.164. The quantitative estimate of drug-likeness (QED) is 0.869. The first-order valence-electron chi connectivity index (χ1n) is 8.01. The zero-order chi connectivity index (χ0) is 17.8. The number of anilines is 1. The summed E-state index contributed by atoms with van der Waals surface area (Å²) in [5, 5.41) is 6.82. The number of hydrogen-bond donors (Lipinski definition) is 2. The third-order valence-corrected chi connectivity index (χ3v) is 4.60. The zero-order valence-electron chi connectivity index (χ0n) is 13.7. The number of aromatic nitrogens is 2. The van der Waals surface area contributed by atoms with Crippen LogP contribution in [0.3, 0.4) is 0 Å². The number of rotatable bonds is 4. The molecule has 0 saturated carbocycles. The summed E-state index contributed by atoms with van der Waals surface area (Å²) in [7, 11) is 0. The van der Waals surface area contributed by atoms with E-state index in [0.29, 0.717) is 10.7 Å². The van der Waals surface area contributed by atoms with E-state index in [1.54, 1.807) is 18.5 Å². The van der Waals surface area contributed by atoms with E-state index in [1.165, 1.54) is 17.4 Å². The van der Waals surface area contributed by atoms with Crippen LogP contribution in [0.25, 0.3) is 0 Å². The smallest absolute Gasteiger partial charge is 0.414 e. The van der Waals surface area contributed by atoms with Gasteiger partial charge in [0, 0.05) is 19.2 Å². The van der Waals surface area contributed by atoms with E-state index in [9.17, 15) is 14.4 Å². The summed E-state index contributed by atoms with van der Waals surface area (Å²) in [5.41, 5.74) is 0.525. The first-order chi connectivity index (χ1) is 12.1. The van der Waals surface area contributed by atoms with Gasteiger partial charge in [-0.15, -0.1) is 11.3 Å². The van der Waals surface area contributed by atoms with E-state index < -0.39 is 12.0 Å². The van der Waals surface area contributed by atoms with Gasteiger partial charge in [-0.1, -0.05) is 0 Å². The summed E-state index contributed by atoms with van der Waals surface area (Å²) < 4.78 is 6.67. The number of nitrogens with one attached hydrogen (secondary N) is 2. The number of ether oxygens (including phenoxy) is 1. The predicted octanol–water partition coefficient (Wildman–Crippen LogP) is 2.42. The Morgan fingerprint density at radius 1 is 1.32 bits per heavy atom. The Balaban J connectivity index is 1.70. The van der Waals surface area contributed by atoms with Gasteiger partial charge in [0.25, 0.3) is 11.8 Å². The number of carbonyl (C=O) groups excluding carboxylic acids is 3. The summed E-state index contributed by atoms with van der Waals surface area (Å²) in [6.07, 6.45) is 3.92. The Labute approximate surface area is 148 Å². The van der Waals surface area contributed by atoms with Gasteiger partial charge in [-0.05, 0) is 31.2 Å². The summed E-state index contributed by atoms with van der Waals surface area (Å²) >= 11 is 1.20. The van der Waals surface area contributed by atoms with Gasteiger partial charge in [0.15, 0.2) is 0 Å². The van der Waals surface area contributed by atoms with Crippen molar-refractivity contribution in [1.29, 1.82) is 0 Å².